The van der Waals surface area contributed by atoms with E-state index < -0.39 is 0 Å². The molecular weight excluding hydrogens is 242 g/mol. The number of nitrogens with one attached hydrogen (secondary N) is 1. The lowest BCUT2D eigenvalue weighted by atomic mass is 10.1. The second-order valence-corrected chi connectivity index (χ2v) is 4.72. The molecule has 6 nitrogen and oxygen atoms in total. The molecule has 1 saturated heterocycles. The van der Waals surface area contributed by atoms with Gasteiger partial charge >= 0.3 is 0 Å². The molecule has 0 radical (unpaired) electrons. The predicted molar refractivity (Wildman–Crippen MR) is 71.4 cm³/mol. The van der Waals surface area contributed by atoms with Gasteiger partial charge in [-0.2, -0.15) is 4.68 Å². The Hall–Kier alpha value is -1.95. The minimum atomic E-state index is 0.485. The normalized spacial score (nSPS) is 16.5. The van der Waals surface area contributed by atoms with Gasteiger partial charge in [0.25, 0.3) is 0 Å². The van der Waals surface area contributed by atoms with Crippen LogP contribution in [0.25, 0.3) is 5.69 Å². The maximum atomic E-state index is 5.37. The van der Waals surface area contributed by atoms with E-state index in [4.69, 9.17) is 4.74 Å². The Morgan fingerprint density at radius 3 is 2.89 bits per heavy atom. The van der Waals surface area contributed by atoms with Crippen molar-refractivity contribution in [3.05, 3.63) is 30.1 Å². The molecular formula is C13H17N5O. The van der Waals surface area contributed by atoms with Gasteiger partial charge in [-0.3, -0.25) is 0 Å². The molecule has 100 valence electrons. The number of aryl methyl sites for hydroxylation is 1. The largest absolute Gasteiger partial charge is 0.382 e. The average Bonchev–Trinajstić information content (AvgIpc) is 2.86. The molecule has 1 aliphatic heterocycles. The van der Waals surface area contributed by atoms with E-state index >= 15 is 0 Å². The van der Waals surface area contributed by atoms with Crippen LogP contribution >= 0.6 is 0 Å². The van der Waals surface area contributed by atoms with Gasteiger partial charge in [-0.1, -0.05) is 6.07 Å². The van der Waals surface area contributed by atoms with Gasteiger partial charge in [0.2, 0.25) is 0 Å². The predicted octanol–water partition coefficient (Wildman–Crippen LogP) is 1.56. The molecule has 2 heterocycles. The van der Waals surface area contributed by atoms with Gasteiger partial charge in [-0.15, -0.1) is 5.10 Å². The fourth-order valence-electron chi connectivity index (χ4n) is 2.28. The zero-order valence-corrected chi connectivity index (χ0v) is 10.9. The van der Waals surface area contributed by atoms with Gasteiger partial charge < -0.3 is 10.1 Å². The van der Waals surface area contributed by atoms with E-state index in [-0.39, 0.29) is 0 Å². The first-order valence-corrected chi connectivity index (χ1v) is 6.52. The van der Waals surface area contributed by atoms with Crippen molar-refractivity contribution in [2.45, 2.75) is 25.8 Å². The third-order valence-electron chi connectivity index (χ3n) is 3.31. The first-order valence-electron chi connectivity index (χ1n) is 6.52. The Labute approximate surface area is 111 Å². The van der Waals surface area contributed by atoms with Crippen molar-refractivity contribution in [3.63, 3.8) is 0 Å². The monoisotopic (exact) mass is 259 g/mol. The molecule has 3 rings (SSSR count). The topological polar surface area (TPSA) is 64.9 Å². The van der Waals surface area contributed by atoms with E-state index in [1.165, 1.54) is 0 Å². The lowest BCUT2D eigenvalue weighted by molar-refractivity contribution is 0.0904. The van der Waals surface area contributed by atoms with E-state index in [0.717, 1.165) is 43.3 Å². The SMILES string of the molecule is Cc1nnnn1-c1cccc(NC2CCOCC2)c1. The van der Waals surface area contributed by atoms with Gasteiger partial charge in [0.15, 0.2) is 5.82 Å². The fraction of sp³-hybridized carbons (Fsp3) is 0.462. The number of nitrogens with zero attached hydrogens (tertiary/aromatic N) is 4. The third-order valence-corrected chi connectivity index (χ3v) is 3.31. The summed E-state index contributed by atoms with van der Waals surface area (Å²) < 4.78 is 7.10. The van der Waals surface area contributed by atoms with Crippen LogP contribution in [0.15, 0.2) is 24.3 Å². The first-order chi connectivity index (χ1) is 9.33. The highest BCUT2D eigenvalue weighted by Crippen LogP contribution is 2.18. The quantitative estimate of drug-likeness (QED) is 0.906. The summed E-state index contributed by atoms with van der Waals surface area (Å²) in [6, 6.07) is 8.63. The van der Waals surface area contributed by atoms with Gasteiger partial charge in [-0.05, 0) is 48.4 Å². The van der Waals surface area contributed by atoms with Crippen LogP contribution in [0.1, 0.15) is 18.7 Å². The number of ether oxygens (including phenoxy) is 1. The Morgan fingerprint density at radius 2 is 2.16 bits per heavy atom. The molecule has 0 saturated carbocycles. The van der Waals surface area contributed by atoms with Crippen LogP contribution in [0.4, 0.5) is 5.69 Å². The van der Waals surface area contributed by atoms with E-state index in [2.05, 4.69) is 33.0 Å². The summed E-state index contributed by atoms with van der Waals surface area (Å²) in [5.41, 5.74) is 2.07. The minimum Gasteiger partial charge on any atom is -0.382 e. The molecule has 0 amide bonds. The zero-order chi connectivity index (χ0) is 13.1. The van der Waals surface area contributed by atoms with Crippen molar-refractivity contribution >= 4 is 5.69 Å². The second-order valence-electron chi connectivity index (χ2n) is 4.72. The molecule has 0 spiro atoms. The standard InChI is InChI=1S/C13H17N5O/c1-10-15-16-17-18(10)13-4-2-3-12(9-13)14-11-5-7-19-8-6-11/h2-4,9,11,14H,5-8H2,1H3. The van der Waals surface area contributed by atoms with Crippen molar-refractivity contribution in [2.75, 3.05) is 18.5 Å². The Morgan fingerprint density at radius 1 is 1.32 bits per heavy atom. The highest BCUT2D eigenvalue weighted by molar-refractivity contribution is 5.51. The Bertz CT molecular complexity index is 547. The summed E-state index contributed by atoms with van der Waals surface area (Å²) in [4.78, 5) is 0. The summed E-state index contributed by atoms with van der Waals surface area (Å²) in [6.07, 6.45) is 2.10. The van der Waals surface area contributed by atoms with Crippen LogP contribution in [-0.4, -0.2) is 39.5 Å². The van der Waals surface area contributed by atoms with Gasteiger partial charge in [0.05, 0.1) is 5.69 Å². The molecule has 1 fully saturated rings. The van der Waals surface area contributed by atoms with Crippen molar-refractivity contribution in [3.8, 4) is 5.69 Å². The molecule has 0 aliphatic carbocycles. The number of tetrazole rings is 1. The van der Waals surface area contributed by atoms with E-state index in [1.807, 2.05) is 19.1 Å². The van der Waals surface area contributed by atoms with E-state index in [0.29, 0.717) is 6.04 Å². The highest BCUT2D eigenvalue weighted by Gasteiger charge is 2.13. The lowest BCUT2D eigenvalue weighted by Gasteiger charge is -2.24. The summed E-state index contributed by atoms with van der Waals surface area (Å²) in [7, 11) is 0. The van der Waals surface area contributed by atoms with Crippen molar-refractivity contribution in [2.24, 2.45) is 0 Å². The van der Waals surface area contributed by atoms with Crippen LogP contribution in [0.2, 0.25) is 0 Å². The van der Waals surface area contributed by atoms with Crippen LogP contribution < -0.4 is 5.32 Å². The first kappa shape index (κ1) is 12.1. The number of hydrogen-bond acceptors (Lipinski definition) is 5. The van der Waals surface area contributed by atoms with Crippen molar-refractivity contribution in [1.82, 2.24) is 20.2 Å². The summed E-state index contributed by atoms with van der Waals surface area (Å²) >= 11 is 0. The molecule has 0 unspecified atom stereocenters. The number of aromatic nitrogens is 4. The van der Waals surface area contributed by atoms with E-state index in [9.17, 15) is 0 Å². The smallest absolute Gasteiger partial charge is 0.153 e. The van der Waals surface area contributed by atoms with Gasteiger partial charge in [0, 0.05) is 24.9 Å². The Kier molecular flexibility index (Phi) is 3.41. The molecule has 0 bridgehead atoms. The molecule has 2 aromatic rings. The molecule has 1 N–H and O–H groups in total. The van der Waals surface area contributed by atoms with Crippen molar-refractivity contribution in [1.29, 1.82) is 0 Å². The van der Waals surface area contributed by atoms with Gasteiger partial charge in [0.1, 0.15) is 0 Å². The molecule has 1 aliphatic rings. The third kappa shape index (κ3) is 2.73. The van der Waals surface area contributed by atoms with Crippen LogP contribution in [0, 0.1) is 6.92 Å². The fourth-order valence-corrected chi connectivity index (χ4v) is 2.28. The average molecular weight is 259 g/mol. The van der Waals surface area contributed by atoms with Gasteiger partial charge in [-0.25, -0.2) is 0 Å². The summed E-state index contributed by atoms with van der Waals surface area (Å²) in [6.45, 7) is 3.56. The van der Waals surface area contributed by atoms with Crippen LogP contribution in [0.5, 0.6) is 0 Å². The second kappa shape index (κ2) is 5.36. The minimum absolute atomic E-state index is 0.485. The van der Waals surface area contributed by atoms with Crippen LogP contribution in [-0.2, 0) is 4.74 Å². The number of rotatable bonds is 3. The van der Waals surface area contributed by atoms with E-state index in [1.54, 1.807) is 4.68 Å². The number of hydrogen-bond donors (Lipinski definition) is 1. The summed E-state index contributed by atoms with van der Waals surface area (Å²) in [5.74, 6) is 0.781. The summed E-state index contributed by atoms with van der Waals surface area (Å²) in [5, 5.41) is 15.1. The molecule has 6 heteroatoms. The molecule has 0 atom stereocenters. The molecule has 1 aromatic heterocycles. The van der Waals surface area contributed by atoms with Crippen molar-refractivity contribution < 1.29 is 4.74 Å². The number of benzene rings is 1. The van der Waals surface area contributed by atoms with Crippen LogP contribution in [0.3, 0.4) is 0 Å². The highest BCUT2D eigenvalue weighted by atomic mass is 16.5. The maximum absolute atomic E-state index is 5.37. The lowest BCUT2D eigenvalue weighted by Crippen LogP contribution is -2.27. The maximum Gasteiger partial charge on any atom is 0.153 e. The zero-order valence-electron chi connectivity index (χ0n) is 10.9. The molecule has 1 aromatic carbocycles. The molecule has 19 heavy (non-hydrogen) atoms. The Balaban J connectivity index is 1.78. The number of anilines is 1.